The summed E-state index contributed by atoms with van der Waals surface area (Å²) in [5.74, 6) is -2.75. The fraction of sp³-hybridized carbons (Fsp3) is 0.658. The predicted octanol–water partition coefficient (Wildman–Crippen LogP) is 3.78. The lowest BCUT2D eigenvalue weighted by atomic mass is 9.95. The molecule has 3 heterocycles. The van der Waals surface area contributed by atoms with Crippen LogP contribution in [0.1, 0.15) is 100 Å². The molecule has 18 heteroatoms. The molecule has 1 saturated heterocycles. The molecule has 4 fully saturated rings. The molecule has 0 radical (unpaired) electrons. The Morgan fingerprint density at radius 3 is 2.45 bits per heavy atom. The van der Waals surface area contributed by atoms with E-state index in [4.69, 9.17) is 4.74 Å². The number of sulfonamides is 1. The highest BCUT2D eigenvalue weighted by molar-refractivity contribution is 7.91. The van der Waals surface area contributed by atoms with E-state index in [1.54, 1.807) is 12.1 Å². The SMILES string of the molecule is O=C(NC1CCCC1)N[C@H]1CCCCC/C=C/[C@@H]2C[C@@]2(C(=O)NS(=O)(=O)C2CC2)NC(=O)[C@@H]2C[C@@H](OC(=O)N3CCc4cccc(C(F)(F)F)c4C3)CN2C1=O. The number of rotatable bonds is 6. The summed E-state index contributed by atoms with van der Waals surface area (Å²) in [6, 6.07) is 1.01. The van der Waals surface area contributed by atoms with E-state index in [0.717, 1.165) is 43.1 Å². The van der Waals surface area contributed by atoms with Crippen LogP contribution in [0.5, 0.6) is 0 Å². The number of halogens is 3. The number of hydrogen-bond donors (Lipinski definition) is 4. The maximum absolute atomic E-state index is 14.4. The second-order valence-corrected chi connectivity index (χ2v) is 18.0. The lowest BCUT2D eigenvalue weighted by Gasteiger charge is -2.31. The maximum atomic E-state index is 14.4. The largest absolute Gasteiger partial charge is 0.444 e. The van der Waals surface area contributed by atoms with Gasteiger partial charge in [-0.05, 0) is 75.0 Å². The molecule has 3 aliphatic carbocycles. The van der Waals surface area contributed by atoms with Crippen molar-refractivity contribution in [3.8, 4) is 0 Å². The standard InChI is InChI=1S/C38H49F3N6O8S/c39-38(40,41)29-13-8-9-23-17-18-46(22-28(23)29)36(52)55-26-19-31-32(48)44-37(34(50)45-56(53,54)27-15-16-27)20-24(37)10-4-2-1-3-5-14-30(33(49)47(31)21-26)43-35(51)42-25-11-6-7-12-25/h4,8-10,13,24-27,30-31H,1-3,5-7,11-12,14-22H2,(H,44,48)(H,45,50)(H2,42,43,51)/b10-4+/t24-,26-,30+,31+,37-/m1/s1. The van der Waals surface area contributed by atoms with Crippen molar-refractivity contribution >= 4 is 39.9 Å². The minimum atomic E-state index is -4.63. The van der Waals surface area contributed by atoms with Gasteiger partial charge in [-0.3, -0.25) is 19.1 Å². The van der Waals surface area contributed by atoms with Gasteiger partial charge >= 0.3 is 18.3 Å². The minimum absolute atomic E-state index is 0.0260. The molecule has 4 N–H and O–H groups in total. The van der Waals surface area contributed by atoms with Crippen molar-refractivity contribution in [2.75, 3.05) is 13.1 Å². The average molecular weight is 807 g/mol. The number of benzene rings is 1. The van der Waals surface area contributed by atoms with Gasteiger partial charge < -0.3 is 30.5 Å². The summed E-state index contributed by atoms with van der Waals surface area (Å²) in [5, 5.41) is 7.82. The first kappa shape index (κ1) is 39.9. The summed E-state index contributed by atoms with van der Waals surface area (Å²) < 4.78 is 75.1. The smallest absolute Gasteiger partial charge is 0.416 e. The van der Waals surface area contributed by atoms with Gasteiger partial charge in [0.05, 0.1) is 17.4 Å². The van der Waals surface area contributed by atoms with Crippen LogP contribution in [-0.4, -0.2) is 96.2 Å². The number of carbonyl (C=O) groups is 5. The average Bonchev–Trinajstić information content (AvgIpc) is 4.02. The van der Waals surface area contributed by atoms with Crippen LogP contribution in [0.15, 0.2) is 30.4 Å². The van der Waals surface area contributed by atoms with Crippen LogP contribution < -0.4 is 20.7 Å². The quantitative estimate of drug-likeness (QED) is 0.313. The number of ether oxygens (including phenoxy) is 1. The Morgan fingerprint density at radius 1 is 0.964 bits per heavy atom. The third kappa shape index (κ3) is 8.79. The highest BCUT2D eigenvalue weighted by Crippen LogP contribution is 2.46. The highest BCUT2D eigenvalue weighted by Gasteiger charge is 2.62. The summed E-state index contributed by atoms with van der Waals surface area (Å²) in [6.07, 6.45) is 4.56. The number of hydrogen-bond acceptors (Lipinski definition) is 8. The van der Waals surface area contributed by atoms with Crippen molar-refractivity contribution in [2.45, 2.75) is 138 Å². The lowest BCUT2D eigenvalue weighted by molar-refractivity contribution is -0.141. The molecule has 56 heavy (non-hydrogen) atoms. The van der Waals surface area contributed by atoms with E-state index in [1.807, 2.05) is 6.08 Å². The summed E-state index contributed by atoms with van der Waals surface area (Å²) >= 11 is 0. The fourth-order valence-corrected chi connectivity index (χ4v) is 9.89. The predicted molar refractivity (Wildman–Crippen MR) is 195 cm³/mol. The van der Waals surface area contributed by atoms with E-state index in [-0.39, 0.29) is 56.9 Å². The number of urea groups is 1. The molecule has 6 aliphatic rings. The number of nitrogens with zero attached hydrogens (tertiary/aromatic N) is 2. The summed E-state index contributed by atoms with van der Waals surface area (Å²) in [6.45, 7) is -0.520. The first-order valence-electron chi connectivity index (χ1n) is 19.7. The zero-order valence-corrected chi connectivity index (χ0v) is 31.9. The minimum Gasteiger partial charge on any atom is -0.444 e. The molecule has 1 aromatic rings. The van der Waals surface area contributed by atoms with Crippen LogP contribution in [0.4, 0.5) is 22.8 Å². The second-order valence-electron chi connectivity index (χ2n) is 16.0. The molecule has 0 spiro atoms. The molecular weight excluding hydrogens is 758 g/mol. The van der Waals surface area contributed by atoms with E-state index in [0.29, 0.717) is 37.7 Å². The van der Waals surface area contributed by atoms with Crippen molar-refractivity contribution in [1.82, 2.24) is 30.5 Å². The highest BCUT2D eigenvalue weighted by atomic mass is 32.2. The van der Waals surface area contributed by atoms with Gasteiger partial charge in [0, 0.05) is 31.5 Å². The topological polar surface area (TPSA) is 183 Å². The van der Waals surface area contributed by atoms with Crippen molar-refractivity contribution in [3.63, 3.8) is 0 Å². The van der Waals surface area contributed by atoms with Crippen molar-refractivity contribution in [2.24, 2.45) is 5.92 Å². The van der Waals surface area contributed by atoms with Gasteiger partial charge in [-0.1, -0.05) is 50.0 Å². The van der Waals surface area contributed by atoms with E-state index in [2.05, 4.69) is 20.7 Å². The molecule has 3 saturated carbocycles. The van der Waals surface area contributed by atoms with Crippen LogP contribution in [0.3, 0.4) is 0 Å². The van der Waals surface area contributed by atoms with Gasteiger partial charge in [-0.25, -0.2) is 18.0 Å². The summed E-state index contributed by atoms with van der Waals surface area (Å²) in [7, 11) is -3.96. The van der Waals surface area contributed by atoms with Crippen molar-refractivity contribution < 1.29 is 50.3 Å². The Hall–Kier alpha value is -4.35. The third-order valence-electron chi connectivity index (χ3n) is 11.9. The first-order valence-corrected chi connectivity index (χ1v) is 21.2. The van der Waals surface area contributed by atoms with Crippen LogP contribution in [0, 0.1) is 5.92 Å². The molecule has 5 atom stereocenters. The van der Waals surface area contributed by atoms with Crippen molar-refractivity contribution in [1.29, 1.82) is 0 Å². The zero-order valence-electron chi connectivity index (χ0n) is 31.1. The molecule has 0 bridgehead atoms. The molecule has 306 valence electrons. The van der Waals surface area contributed by atoms with Crippen LogP contribution in [0.2, 0.25) is 0 Å². The number of alkyl halides is 3. The second kappa shape index (κ2) is 15.9. The Labute approximate surface area is 323 Å². The molecule has 7 rings (SSSR count). The van der Waals surface area contributed by atoms with Gasteiger partial charge in [-0.2, -0.15) is 13.2 Å². The Kier molecular flexibility index (Phi) is 11.3. The molecule has 1 aromatic carbocycles. The van der Waals surface area contributed by atoms with Crippen molar-refractivity contribution in [3.05, 3.63) is 47.0 Å². The number of fused-ring (bicyclic) bond motifs is 3. The lowest BCUT2D eigenvalue weighted by Crippen LogP contribution is -2.59. The molecule has 0 unspecified atom stereocenters. The zero-order chi connectivity index (χ0) is 39.8. The van der Waals surface area contributed by atoms with Crippen LogP contribution in [0.25, 0.3) is 0 Å². The van der Waals surface area contributed by atoms with Gasteiger partial charge in [0.15, 0.2) is 0 Å². The molecule has 3 aliphatic heterocycles. The van der Waals surface area contributed by atoms with E-state index in [9.17, 15) is 45.6 Å². The molecular formula is C38H49F3N6O8S. The maximum Gasteiger partial charge on any atom is 0.416 e. The van der Waals surface area contributed by atoms with Gasteiger partial charge in [-0.15, -0.1) is 0 Å². The Morgan fingerprint density at radius 2 is 1.71 bits per heavy atom. The number of carbonyl (C=O) groups excluding carboxylic acids is 5. The van der Waals surface area contributed by atoms with Gasteiger partial charge in [0.1, 0.15) is 23.7 Å². The summed E-state index contributed by atoms with van der Waals surface area (Å²) in [4.78, 5) is 71.5. The third-order valence-corrected chi connectivity index (χ3v) is 13.8. The van der Waals surface area contributed by atoms with Crippen LogP contribution >= 0.6 is 0 Å². The van der Waals surface area contributed by atoms with E-state index < -0.39 is 86.5 Å². The number of nitrogens with one attached hydrogen (secondary N) is 4. The van der Waals surface area contributed by atoms with Gasteiger partial charge in [0.25, 0.3) is 5.91 Å². The fourth-order valence-electron chi connectivity index (χ4n) is 8.52. The Bertz CT molecular complexity index is 1870. The molecule has 14 nitrogen and oxygen atoms in total. The number of amides is 6. The normalized spacial score (nSPS) is 29.4. The summed E-state index contributed by atoms with van der Waals surface area (Å²) in [5.41, 5.74) is -1.99. The molecule has 6 amide bonds. The van der Waals surface area contributed by atoms with Crippen LogP contribution in [-0.2, 0) is 48.3 Å². The monoisotopic (exact) mass is 806 g/mol. The van der Waals surface area contributed by atoms with E-state index in [1.165, 1.54) is 11.0 Å². The van der Waals surface area contributed by atoms with E-state index >= 15 is 0 Å². The Balaban J connectivity index is 1.13. The first-order chi connectivity index (χ1) is 26.6. The van der Waals surface area contributed by atoms with Gasteiger partial charge in [0.2, 0.25) is 21.8 Å². The number of allylic oxidation sites excluding steroid dienone is 1. The molecule has 0 aromatic heterocycles.